The number of methoxy groups -OCH3 is 1. The molecule has 3 rings (SSSR count). The van der Waals surface area contributed by atoms with Crippen LogP contribution in [-0.4, -0.2) is 77.8 Å². The second-order valence-electron chi connectivity index (χ2n) is 6.20. The van der Waals surface area contributed by atoms with Gasteiger partial charge in [-0.1, -0.05) is 5.21 Å². The Labute approximate surface area is 153 Å². The van der Waals surface area contributed by atoms with Gasteiger partial charge in [-0.05, 0) is 24.3 Å². The SMILES string of the molecule is COc1ccc(-c2cn([C@@H]3O[C@H]([C@H](O)CP(=O)(O)O)[C@@H](O)[C@H]3O)nn2)cc1. The highest BCUT2D eigenvalue weighted by Crippen LogP contribution is 2.39. The average Bonchev–Trinajstić information content (AvgIpc) is 3.20. The molecule has 1 saturated heterocycles. The lowest BCUT2D eigenvalue weighted by Crippen LogP contribution is -2.40. The predicted octanol–water partition coefficient (Wildman–Crippen LogP) is -0.889. The summed E-state index contributed by atoms with van der Waals surface area (Å²) in [6.07, 6.45) is -6.65. The third-order valence-electron chi connectivity index (χ3n) is 4.24. The van der Waals surface area contributed by atoms with E-state index in [-0.39, 0.29) is 0 Å². The van der Waals surface area contributed by atoms with Gasteiger partial charge in [0.2, 0.25) is 0 Å². The van der Waals surface area contributed by atoms with Crippen LogP contribution in [0.4, 0.5) is 0 Å². The molecular formula is C15H20N3O8P. The standard InChI is InChI=1S/C15H20N3O8P/c1-25-9-4-2-8(3-5-9)10-6-18(17-16-10)15-13(21)12(20)14(26-15)11(19)7-27(22,23)24/h2-6,11-15,19-21H,7H2,1H3,(H2,22,23,24)/t11-,12+,13-,14-,15-/m1/s1. The maximum absolute atomic E-state index is 11.0. The first-order valence-electron chi connectivity index (χ1n) is 8.00. The lowest BCUT2D eigenvalue weighted by atomic mass is 10.1. The molecule has 0 aliphatic carbocycles. The number of hydrogen-bond acceptors (Lipinski definition) is 8. The van der Waals surface area contributed by atoms with Gasteiger partial charge < -0.3 is 34.6 Å². The van der Waals surface area contributed by atoms with E-state index in [1.54, 1.807) is 31.4 Å². The number of benzene rings is 1. The zero-order valence-electron chi connectivity index (χ0n) is 14.2. The van der Waals surface area contributed by atoms with Gasteiger partial charge in [-0.25, -0.2) is 4.68 Å². The first-order chi connectivity index (χ1) is 12.7. The Morgan fingerprint density at radius 2 is 1.93 bits per heavy atom. The zero-order chi connectivity index (χ0) is 19.8. The molecule has 1 aliphatic heterocycles. The molecule has 148 valence electrons. The molecular weight excluding hydrogens is 381 g/mol. The van der Waals surface area contributed by atoms with E-state index in [2.05, 4.69) is 10.3 Å². The minimum absolute atomic E-state index is 0.474. The molecule has 0 radical (unpaired) electrons. The molecule has 2 aromatic rings. The molecule has 0 amide bonds. The second-order valence-corrected chi connectivity index (χ2v) is 7.89. The van der Waals surface area contributed by atoms with Crippen molar-refractivity contribution in [2.45, 2.75) is 30.6 Å². The lowest BCUT2D eigenvalue weighted by molar-refractivity contribution is -0.0832. The summed E-state index contributed by atoms with van der Waals surface area (Å²) in [5, 5.41) is 38.1. The van der Waals surface area contributed by atoms with E-state index in [1.807, 2.05) is 0 Å². The van der Waals surface area contributed by atoms with Crippen LogP contribution in [0.2, 0.25) is 0 Å². The summed E-state index contributed by atoms with van der Waals surface area (Å²) < 4.78 is 22.7. The van der Waals surface area contributed by atoms with Crippen molar-refractivity contribution in [1.82, 2.24) is 15.0 Å². The number of aromatic nitrogens is 3. The van der Waals surface area contributed by atoms with Crippen molar-refractivity contribution in [3.05, 3.63) is 30.5 Å². The quantitative estimate of drug-likeness (QED) is 0.383. The van der Waals surface area contributed by atoms with Crippen molar-refractivity contribution in [1.29, 1.82) is 0 Å². The molecule has 0 unspecified atom stereocenters. The summed E-state index contributed by atoms with van der Waals surface area (Å²) in [6.45, 7) is 0. The van der Waals surface area contributed by atoms with Crippen molar-refractivity contribution >= 4 is 7.60 Å². The smallest absolute Gasteiger partial charge is 0.328 e. The molecule has 1 aromatic heterocycles. The Bertz CT molecular complexity index is 823. The van der Waals surface area contributed by atoms with Gasteiger partial charge in [0.15, 0.2) is 6.23 Å². The van der Waals surface area contributed by atoms with Crippen molar-refractivity contribution in [2.24, 2.45) is 0 Å². The molecule has 27 heavy (non-hydrogen) atoms. The van der Waals surface area contributed by atoms with Crippen molar-refractivity contribution in [2.75, 3.05) is 13.3 Å². The summed E-state index contributed by atoms with van der Waals surface area (Å²) in [7, 11) is -2.97. The van der Waals surface area contributed by atoms with Gasteiger partial charge in [-0.3, -0.25) is 4.57 Å². The molecule has 5 atom stereocenters. The Morgan fingerprint density at radius 3 is 2.52 bits per heavy atom. The highest BCUT2D eigenvalue weighted by Gasteiger charge is 2.48. The van der Waals surface area contributed by atoms with E-state index in [0.29, 0.717) is 11.4 Å². The molecule has 11 nitrogen and oxygen atoms in total. The number of hydrogen-bond donors (Lipinski definition) is 5. The zero-order valence-corrected chi connectivity index (χ0v) is 15.1. The summed E-state index contributed by atoms with van der Waals surface area (Å²) in [6, 6.07) is 7.02. The number of nitrogens with zero attached hydrogens (tertiary/aromatic N) is 3. The average molecular weight is 401 g/mol. The van der Waals surface area contributed by atoms with E-state index in [1.165, 1.54) is 10.9 Å². The van der Waals surface area contributed by atoms with Crippen molar-refractivity contribution in [3.63, 3.8) is 0 Å². The van der Waals surface area contributed by atoms with Crippen LogP contribution >= 0.6 is 7.60 Å². The lowest BCUT2D eigenvalue weighted by Gasteiger charge is -2.21. The molecule has 2 heterocycles. The van der Waals surface area contributed by atoms with Gasteiger partial charge >= 0.3 is 7.60 Å². The van der Waals surface area contributed by atoms with Crippen LogP contribution in [0, 0.1) is 0 Å². The molecule has 0 spiro atoms. The van der Waals surface area contributed by atoms with E-state index >= 15 is 0 Å². The fourth-order valence-corrected chi connectivity index (χ4v) is 3.56. The predicted molar refractivity (Wildman–Crippen MR) is 90.9 cm³/mol. The van der Waals surface area contributed by atoms with Gasteiger partial charge in [0.25, 0.3) is 0 Å². The Hall–Kier alpha value is -1.85. The van der Waals surface area contributed by atoms with Crippen LogP contribution in [0.15, 0.2) is 30.5 Å². The highest BCUT2D eigenvalue weighted by atomic mass is 31.2. The summed E-state index contributed by atoms with van der Waals surface area (Å²) in [4.78, 5) is 17.9. The molecule has 12 heteroatoms. The van der Waals surface area contributed by atoms with Crippen LogP contribution in [-0.2, 0) is 9.30 Å². The van der Waals surface area contributed by atoms with Gasteiger partial charge in [-0.2, -0.15) is 0 Å². The fraction of sp³-hybridized carbons (Fsp3) is 0.467. The van der Waals surface area contributed by atoms with Crippen molar-refractivity contribution in [3.8, 4) is 17.0 Å². The third-order valence-corrected chi connectivity index (χ3v) is 5.09. The van der Waals surface area contributed by atoms with E-state index in [4.69, 9.17) is 19.3 Å². The first kappa shape index (κ1) is 19.9. The Balaban J connectivity index is 1.76. The first-order valence-corrected chi connectivity index (χ1v) is 9.80. The minimum Gasteiger partial charge on any atom is -0.497 e. The van der Waals surface area contributed by atoms with Crippen LogP contribution < -0.4 is 4.74 Å². The van der Waals surface area contributed by atoms with Crippen LogP contribution in [0.3, 0.4) is 0 Å². The third kappa shape index (κ3) is 4.36. The molecule has 0 bridgehead atoms. The van der Waals surface area contributed by atoms with Crippen LogP contribution in [0.5, 0.6) is 5.75 Å². The van der Waals surface area contributed by atoms with Gasteiger partial charge in [-0.15, -0.1) is 5.10 Å². The number of aliphatic hydroxyl groups excluding tert-OH is 3. The summed E-state index contributed by atoms with van der Waals surface area (Å²) in [5.74, 6) is 0.672. The Kier molecular flexibility index (Phi) is 5.63. The summed E-state index contributed by atoms with van der Waals surface area (Å²) in [5.41, 5.74) is 1.20. The maximum Gasteiger partial charge on any atom is 0.328 e. The maximum atomic E-state index is 11.0. The molecule has 0 saturated carbocycles. The second kappa shape index (κ2) is 7.64. The molecule has 1 fully saturated rings. The van der Waals surface area contributed by atoms with E-state index in [9.17, 15) is 19.9 Å². The van der Waals surface area contributed by atoms with E-state index in [0.717, 1.165) is 5.56 Å². The topological polar surface area (TPSA) is 167 Å². The summed E-state index contributed by atoms with van der Waals surface area (Å²) >= 11 is 0. The number of rotatable bonds is 6. The largest absolute Gasteiger partial charge is 0.497 e. The molecule has 5 N–H and O–H groups in total. The fourth-order valence-electron chi connectivity index (χ4n) is 2.86. The van der Waals surface area contributed by atoms with Gasteiger partial charge in [0.1, 0.15) is 29.8 Å². The number of ether oxygens (including phenoxy) is 2. The van der Waals surface area contributed by atoms with Crippen molar-refractivity contribution < 1.29 is 39.1 Å². The normalized spacial score (nSPS) is 26.9. The number of aliphatic hydroxyl groups is 3. The Morgan fingerprint density at radius 1 is 1.26 bits per heavy atom. The highest BCUT2D eigenvalue weighted by molar-refractivity contribution is 7.51. The minimum atomic E-state index is -4.52. The van der Waals surface area contributed by atoms with E-state index < -0.39 is 44.4 Å². The molecule has 1 aromatic carbocycles. The van der Waals surface area contributed by atoms with Crippen LogP contribution in [0.1, 0.15) is 6.23 Å². The van der Waals surface area contributed by atoms with Gasteiger partial charge in [0, 0.05) is 5.56 Å². The van der Waals surface area contributed by atoms with Gasteiger partial charge in [0.05, 0.1) is 25.6 Å². The monoisotopic (exact) mass is 401 g/mol. The molecule has 1 aliphatic rings. The van der Waals surface area contributed by atoms with Crippen LogP contribution in [0.25, 0.3) is 11.3 Å².